The number of nitrogens with one attached hydrogen (secondary N) is 2. The molecule has 0 heterocycles. The van der Waals surface area contributed by atoms with Gasteiger partial charge in [0.15, 0.2) is 0 Å². The first-order valence-corrected chi connectivity index (χ1v) is 5.78. The molecule has 1 aromatic rings. The van der Waals surface area contributed by atoms with Gasteiger partial charge in [0.25, 0.3) is 0 Å². The first-order valence-electron chi connectivity index (χ1n) is 4.98. The first-order chi connectivity index (χ1) is 7.58. The van der Waals surface area contributed by atoms with Crippen LogP contribution in [0.25, 0.3) is 0 Å². The Morgan fingerprint density at radius 3 is 2.81 bits per heavy atom. The molecule has 0 aliphatic rings. The summed E-state index contributed by atoms with van der Waals surface area (Å²) in [6.07, 6.45) is 0. The first kappa shape index (κ1) is 12.9. The molecule has 0 aliphatic heterocycles. The zero-order valence-electron chi connectivity index (χ0n) is 9.22. The van der Waals surface area contributed by atoms with Crippen molar-refractivity contribution >= 4 is 27.5 Å². The predicted octanol–water partition coefficient (Wildman–Crippen LogP) is 2.55. The van der Waals surface area contributed by atoms with Crippen LogP contribution in [0, 0.1) is 0 Å². The van der Waals surface area contributed by atoms with Gasteiger partial charge in [-0.05, 0) is 25.1 Å². The largest absolute Gasteiger partial charge is 0.325 e. The summed E-state index contributed by atoms with van der Waals surface area (Å²) in [6, 6.07) is 7.49. The number of hydrogen-bond acceptors (Lipinski definition) is 2. The molecule has 0 saturated heterocycles. The van der Waals surface area contributed by atoms with Crippen molar-refractivity contribution in [3.05, 3.63) is 40.9 Å². The van der Waals surface area contributed by atoms with E-state index >= 15 is 0 Å². The lowest BCUT2D eigenvalue weighted by atomic mass is 10.3. The summed E-state index contributed by atoms with van der Waals surface area (Å²) in [5.41, 5.74) is 1.80. The van der Waals surface area contributed by atoms with E-state index in [2.05, 4.69) is 33.1 Å². The maximum absolute atomic E-state index is 11.5. The lowest BCUT2D eigenvalue weighted by Gasteiger charge is -2.06. The number of carbonyl (C=O) groups excluding carboxylic acids is 1. The average molecular weight is 283 g/mol. The van der Waals surface area contributed by atoms with Crippen LogP contribution in [0.4, 0.5) is 5.69 Å². The van der Waals surface area contributed by atoms with Crippen LogP contribution in [0.2, 0.25) is 0 Å². The minimum atomic E-state index is -0.0562. The number of benzene rings is 1. The van der Waals surface area contributed by atoms with E-state index in [1.54, 1.807) is 0 Å². The smallest absolute Gasteiger partial charge is 0.238 e. The van der Waals surface area contributed by atoms with Crippen molar-refractivity contribution in [1.82, 2.24) is 5.32 Å². The molecule has 0 saturated carbocycles. The molecule has 0 bridgehead atoms. The molecule has 0 fully saturated rings. The van der Waals surface area contributed by atoms with Crippen LogP contribution in [0.15, 0.2) is 40.9 Å². The lowest BCUT2D eigenvalue weighted by Crippen LogP contribution is -2.28. The number of rotatable bonds is 5. The summed E-state index contributed by atoms with van der Waals surface area (Å²) < 4.78 is 0.945. The maximum atomic E-state index is 11.5. The van der Waals surface area contributed by atoms with Crippen molar-refractivity contribution in [3.63, 3.8) is 0 Å². The van der Waals surface area contributed by atoms with Crippen molar-refractivity contribution < 1.29 is 4.79 Å². The molecule has 0 unspecified atom stereocenters. The van der Waals surface area contributed by atoms with Crippen LogP contribution in [-0.4, -0.2) is 19.0 Å². The standard InChI is InChI=1S/C12H15BrN2O/c1-9(2)7-14-8-12(16)15-11-5-3-4-10(13)6-11/h3-6,14H,1,7-8H2,2H3,(H,15,16). The highest BCUT2D eigenvalue weighted by Crippen LogP contribution is 2.15. The van der Waals surface area contributed by atoms with Gasteiger partial charge in [-0.25, -0.2) is 0 Å². The normalized spacial score (nSPS) is 9.88. The summed E-state index contributed by atoms with van der Waals surface area (Å²) in [6.45, 7) is 6.61. The van der Waals surface area contributed by atoms with Crippen molar-refractivity contribution in [2.75, 3.05) is 18.4 Å². The highest BCUT2D eigenvalue weighted by Gasteiger charge is 2.01. The van der Waals surface area contributed by atoms with Crippen LogP contribution < -0.4 is 10.6 Å². The number of anilines is 1. The van der Waals surface area contributed by atoms with E-state index in [-0.39, 0.29) is 5.91 Å². The van der Waals surface area contributed by atoms with Gasteiger partial charge in [-0.15, -0.1) is 0 Å². The molecule has 0 aromatic heterocycles. The highest BCUT2D eigenvalue weighted by atomic mass is 79.9. The van der Waals surface area contributed by atoms with Gasteiger partial charge in [0.05, 0.1) is 6.54 Å². The van der Waals surface area contributed by atoms with Crippen molar-refractivity contribution in [1.29, 1.82) is 0 Å². The monoisotopic (exact) mass is 282 g/mol. The topological polar surface area (TPSA) is 41.1 Å². The summed E-state index contributed by atoms with van der Waals surface area (Å²) >= 11 is 3.35. The molecular formula is C12H15BrN2O. The molecule has 4 heteroatoms. The van der Waals surface area contributed by atoms with Gasteiger partial charge in [0, 0.05) is 16.7 Å². The van der Waals surface area contributed by atoms with Gasteiger partial charge in [0.2, 0.25) is 5.91 Å². The summed E-state index contributed by atoms with van der Waals surface area (Å²) in [5, 5.41) is 5.79. The highest BCUT2D eigenvalue weighted by molar-refractivity contribution is 9.10. The Hall–Kier alpha value is -1.13. The molecule has 1 aromatic carbocycles. The molecule has 0 atom stereocenters. The van der Waals surface area contributed by atoms with E-state index in [0.29, 0.717) is 13.1 Å². The van der Waals surface area contributed by atoms with Crippen molar-refractivity contribution in [3.8, 4) is 0 Å². The van der Waals surface area contributed by atoms with Gasteiger partial charge in [0.1, 0.15) is 0 Å². The van der Waals surface area contributed by atoms with Crippen molar-refractivity contribution in [2.45, 2.75) is 6.92 Å². The summed E-state index contributed by atoms with van der Waals surface area (Å²) in [5.74, 6) is -0.0562. The Bertz CT molecular complexity index is 390. The molecule has 0 aliphatic carbocycles. The van der Waals surface area contributed by atoms with Crippen LogP contribution in [-0.2, 0) is 4.79 Å². The third-order valence-corrected chi connectivity index (χ3v) is 2.31. The van der Waals surface area contributed by atoms with Gasteiger partial charge in [-0.3, -0.25) is 4.79 Å². The van der Waals surface area contributed by atoms with E-state index in [1.165, 1.54) is 0 Å². The van der Waals surface area contributed by atoms with E-state index < -0.39 is 0 Å². The molecule has 16 heavy (non-hydrogen) atoms. The molecule has 2 N–H and O–H groups in total. The number of carbonyl (C=O) groups is 1. The zero-order chi connectivity index (χ0) is 12.0. The van der Waals surface area contributed by atoms with Crippen LogP contribution in [0.1, 0.15) is 6.92 Å². The van der Waals surface area contributed by atoms with E-state index in [9.17, 15) is 4.79 Å². The average Bonchev–Trinajstić information content (AvgIpc) is 2.16. The Morgan fingerprint density at radius 2 is 2.19 bits per heavy atom. The van der Waals surface area contributed by atoms with Gasteiger partial charge in [-0.1, -0.05) is 34.1 Å². The second-order valence-corrected chi connectivity index (χ2v) is 4.53. The fraction of sp³-hybridized carbons (Fsp3) is 0.250. The van der Waals surface area contributed by atoms with Crippen LogP contribution >= 0.6 is 15.9 Å². The number of amides is 1. The second-order valence-electron chi connectivity index (χ2n) is 3.62. The number of halogens is 1. The Kier molecular flexibility index (Phi) is 5.22. The predicted molar refractivity (Wildman–Crippen MR) is 70.5 cm³/mol. The van der Waals surface area contributed by atoms with Crippen LogP contribution in [0.3, 0.4) is 0 Å². The summed E-state index contributed by atoms with van der Waals surface area (Å²) in [7, 11) is 0. The van der Waals surface area contributed by atoms with E-state index in [1.807, 2.05) is 31.2 Å². The number of hydrogen-bond donors (Lipinski definition) is 2. The molecule has 1 amide bonds. The molecule has 3 nitrogen and oxygen atoms in total. The van der Waals surface area contributed by atoms with E-state index in [4.69, 9.17) is 0 Å². The van der Waals surface area contributed by atoms with Gasteiger partial charge in [-0.2, -0.15) is 0 Å². The summed E-state index contributed by atoms with van der Waals surface area (Å²) in [4.78, 5) is 11.5. The third-order valence-electron chi connectivity index (χ3n) is 1.82. The van der Waals surface area contributed by atoms with Crippen LogP contribution in [0.5, 0.6) is 0 Å². The van der Waals surface area contributed by atoms with Gasteiger partial charge < -0.3 is 10.6 Å². The second kappa shape index (κ2) is 6.45. The molecule has 1 rings (SSSR count). The van der Waals surface area contributed by atoms with Gasteiger partial charge >= 0.3 is 0 Å². The SMILES string of the molecule is C=C(C)CNCC(=O)Nc1cccc(Br)c1. The maximum Gasteiger partial charge on any atom is 0.238 e. The van der Waals surface area contributed by atoms with E-state index in [0.717, 1.165) is 15.7 Å². The van der Waals surface area contributed by atoms with Crippen molar-refractivity contribution in [2.24, 2.45) is 0 Å². The third kappa shape index (κ3) is 5.09. The lowest BCUT2D eigenvalue weighted by molar-refractivity contribution is -0.115. The molecule has 0 spiro atoms. The Morgan fingerprint density at radius 1 is 1.44 bits per heavy atom. The quantitative estimate of drug-likeness (QED) is 0.815. The Labute approximate surface area is 104 Å². The Balaban J connectivity index is 2.37. The zero-order valence-corrected chi connectivity index (χ0v) is 10.8. The minimum Gasteiger partial charge on any atom is -0.325 e. The fourth-order valence-electron chi connectivity index (χ4n) is 1.16. The fourth-order valence-corrected chi connectivity index (χ4v) is 1.56. The molecular weight excluding hydrogens is 268 g/mol. The minimum absolute atomic E-state index is 0.0562. The molecule has 0 radical (unpaired) electrons. The molecule has 86 valence electrons.